The Morgan fingerprint density at radius 1 is 1.29 bits per heavy atom. The Bertz CT molecular complexity index is 429. The lowest BCUT2D eigenvalue weighted by Crippen LogP contribution is -2.34. The van der Waals surface area contributed by atoms with Crippen LogP contribution in [0.5, 0.6) is 5.75 Å². The van der Waals surface area contributed by atoms with Crippen LogP contribution in [0.3, 0.4) is 0 Å². The van der Waals surface area contributed by atoms with Crippen LogP contribution < -0.4 is 10.1 Å². The summed E-state index contributed by atoms with van der Waals surface area (Å²) in [5.41, 5.74) is 1.28. The summed E-state index contributed by atoms with van der Waals surface area (Å²) in [7, 11) is 2.20. The van der Waals surface area contributed by atoms with Crippen molar-refractivity contribution in [1.82, 2.24) is 10.2 Å². The van der Waals surface area contributed by atoms with Crippen molar-refractivity contribution in [3.8, 4) is 5.75 Å². The van der Waals surface area contributed by atoms with Crippen LogP contribution in [0.2, 0.25) is 0 Å². The second kappa shape index (κ2) is 7.81. The van der Waals surface area contributed by atoms with Crippen LogP contribution in [-0.4, -0.2) is 37.2 Å². The second-order valence-electron chi connectivity index (χ2n) is 6.59. The van der Waals surface area contributed by atoms with E-state index < -0.39 is 0 Å². The first-order valence-corrected chi connectivity index (χ1v) is 8.21. The Kier molecular flexibility index (Phi) is 6.07. The summed E-state index contributed by atoms with van der Waals surface area (Å²) in [6, 6.07) is 9.60. The van der Waals surface area contributed by atoms with E-state index in [2.05, 4.69) is 56.2 Å². The van der Waals surface area contributed by atoms with E-state index in [4.69, 9.17) is 4.74 Å². The summed E-state index contributed by atoms with van der Waals surface area (Å²) in [6.07, 6.45) is 2.80. The molecule has 1 aromatic rings. The van der Waals surface area contributed by atoms with Crippen molar-refractivity contribution in [3.63, 3.8) is 0 Å². The van der Waals surface area contributed by atoms with Crippen LogP contribution in [0, 0.1) is 5.92 Å². The van der Waals surface area contributed by atoms with Crippen molar-refractivity contribution >= 4 is 0 Å². The van der Waals surface area contributed by atoms with Gasteiger partial charge in [-0.05, 0) is 50.4 Å². The maximum Gasteiger partial charge on any atom is 0.119 e. The number of hydrogen-bond acceptors (Lipinski definition) is 3. The zero-order chi connectivity index (χ0) is 15.2. The lowest BCUT2D eigenvalue weighted by Gasteiger charge is -2.24. The first-order valence-electron chi connectivity index (χ1n) is 8.21. The molecule has 1 unspecified atom stereocenters. The Balaban J connectivity index is 1.73. The Labute approximate surface area is 129 Å². The highest BCUT2D eigenvalue weighted by atomic mass is 16.5. The largest absolute Gasteiger partial charge is 0.492 e. The van der Waals surface area contributed by atoms with Crippen LogP contribution in [0.4, 0.5) is 0 Å². The van der Waals surface area contributed by atoms with E-state index >= 15 is 0 Å². The number of benzene rings is 1. The molecule has 1 aromatic carbocycles. The molecule has 21 heavy (non-hydrogen) atoms. The van der Waals surface area contributed by atoms with Crippen LogP contribution in [0.25, 0.3) is 0 Å². The summed E-state index contributed by atoms with van der Waals surface area (Å²) in [5, 5.41) is 3.43. The molecular weight excluding hydrogens is 260 g/mol. The molecule has 1 N–H and O–H groups in total. The average molecular weight is 290 g/mol. The van der Waals surface area contributed by atoms with Crippen LogP contribution in [0.15, 0.2) is 24.3 Å². The van der Waals surface area contributed by atoms with Gasteiger partial charge in [0.05, 0.1) is 0 Å². The van der Waals surface area contributed by atoms with Crippen LogP contribution >= 0.6 is 0 Å². The molecule has 0 spiro atoms. The van der Waals surface area contributed by atoms with Gasteiger partial charge in [-0.25, -0.2) is 0 Å². The van der Waals surface area contributed by atoms with Gasteiger partial charge in [-0.15, -0.1) is 0 Å². The normalized spacial score (nSPS) is 16.5. The maximum absolute atomic E-state index is 5.90. The van der Waals surface area contributed by atoms with Gasteiger partial charge in [0.15, 0.2) is 0 Å². The van der Waals surface area contributed by atoms with E-state index in [-0.39, 0.29) is 0 Å². The van der Waals surface area contributed by atoms with Crippen molar-refractivity contribution in [2.24, 2.45) is 5.92 Å². The fourth-order valence-electron chi connectivity index (χ4n) is 2.52. The Hall–Kier alpha value is -1.06. The van der Waals surface area contributed by atoms with E-state index in [0.717, 1.165) is 31.4 Å². The lowest BCUT2D eigenvalue weighted by atomic mass is 10.2. The van der Waals surface area contributed by atoms with Crippen LogP contribution in [0.1, 0.15) is 39.2 Å². The third kappa shape index (κ3) is 5.68. The standard InChI is InChI=1S/C18H30N2O/c1-14(2)19-13-16-6-5-7-18(12-16)21-11-10-20(4)15(3)17-8-9-17/h5-7,12,14-15,17,19H,8-11,13H2,1-4H3. The quantitative estimate of drug-likeness (QED) is 0.755. The van der Waals surface area contributed by atoms with Gasteiger partial charge in [0, 0.05) is 25.2 Å². The second-order valence-corrected chi connectivity index (χ2v) is 6.59. The van der Waals surface area contributed by atoms with E-state index in [1.54, 1.807) is 0 Å². The summed E-state index contributed by atoms with van der Waals surface area (Å²) < 4.78 is 5.90. The van der Waals surface area contributed by atoms with Crippen LogP contribution in [-0.2, 0) is 6.54 Å². The molecule has 1 saturated carbocycles. The SMILES string of the molecule is CC(C)NCc1cccc(OCCN(C)C(C)C2CC2)c1. The number of nitrogens with zero attached hydrogens (tertiary/aromatic N) is 1. The minimum absolute atomic E-state index is 0.507. The summed E-state index contributed by atoms with van der Waals surface area (Å²) in [6.45, 7) is 9.30. The third-order valence-electron chi connectivity index (χ3n) is 4.33. The van der Waals surface area contributed by atoms with Gasteiger partial charge in [-0.2, -0.15) is 0 Å². The molecule has 3 nitrogen and oxygen atoms in total. The summed E-state index contributed by atoms with van der Waals surface area (Å²) >= 11 is 0. The number of hydrogen-bond donors (Lipinski definition) is 1. The van der Waals surface area contributed by atoms with Gasteiger partial charge < -0.3 is 15.0 Å². The van der Waals surface area contributed by atoms with Gasteiger partial charge in [0.2, 0.25) is 0 Å². The molecule has 3 heteroatoms. The zero-order valence-electron chi connectivity index (χ0n) is 13.9. The third-order valence-corrected chi connectivity index (χ3v) is 4.33. The Morgan fingerprint density at radius 3 is 2.71 bits per heavy atom. The topological polar surface area (TPSA) is 24.5 Å². The monoisotopic (exact) mass is 290 g/mol. The smallest absolute Gasteiger partial charge is 0.119 e. The molecule has 0 aliphatic heterocycles. The number of likely N-dealkylation sites (N-methyl/N-ethyl adjacent to an activating group) is 1. The van der Waals surface area contributed by atoms with Crippen molar-refractivity contribution in [2.45, 2.75) is 52.2 Å². The molecule has 0 bridgehead atoms. The molecule has 1 fully saturated rings. The molecule has 0 heterocycles. The number of rotatable bonds is 9. The molecule has 0 amide bonds. The van der Waals surface area contributed by atoms with E-state index in [0.29, 0.717) is 12.1 Å². The van der Waals surface area contributed by atoms with Gasteiger partial charge >= 0.3 is 0 Å². The highest BCUT2D eigenvalue weighted by Crippen LogP contribution is 2.34. The predicted molar refractivity (Wildman–Crippen MR) is 88.7 cm³/mol. The number of nitrogens with one attached hydrogen (secondary N) is 1. The fourth-order valence-corrected chi connectivity index (χ4v) is 2.52. The van der Waals surface area contributed by atoms with Crippen molar-refractivity contribution < 1.29 is 4.74 Å². The molecule has 118 valence electrons. The van der Waals surface area contributed by atoms with Gasteiger partial charge in [-0.1, -0.05) is 26.0 Å². The predicted octanol–water partition coefficient (Wildman–Crippen LogP) is 3.29. The average Bonchev–Trinajstić information content (AvgIpc) is 3.29. The maximum atomic E-state index is 5.90. The molecular formula is C18H30N2O. The van der Waals surface area contributed by atoms with Gasteiger partial charge in [0.25, 0.3) is 0 Å². The van der Waals surface area contributed by atoms with E-state index in [1.165, 1.54) is 18.4 Å². The molecule has 2 rings (SSSR count). The van der Waals surface area contributed by atoms with Crippen molar-refractivity contribution in [1.29, 1.82) is 0 Å². The highest BCUT2D eigenvalue weighted by molar-refractivity contribution is 5.28. The minimum atomic E-state index is 0.507. The lowest BCUT2D eigenvalue weighted by molar-refractivity contribution is 0.186. The first-order chi connectivity index (χ1) is 10.1. The molecule has 1 atom stereocenters. The van der Waals surface area contributed by atoms with Crippen molar-refractivity contribution in [3.05, 3.63) is 29.8 Å². The number of ether oxygens (including phenoxy) is 1. The molecule has 1 aliphatic rings. The fraction of sp³-hybridized carbons (Fsp3) is 0.667. The van der Waals surface area contributed by atoms with Crippen molar-refractivity contribution in [2.75, 3.05) is 20.2 Å². The summed E-state index contributed by atoms with van der Waals surface area (Å²) in [4.78, 5) is 2.42. The summed E-state index contributed by atoms with van der Waals surface area (Å²) in [5.74, 6) is 1.89. The molecule has 0 radical (unpaired) electrons. The van der Waals surface area contributed by atoms with E-state index in [1.807, 2.05) is 6.07 Å². The van der Waals surface area contributed by atoms with Gasteiger partial charge in [-0.3, -0.25) is 0 Å². The molecule has 0 saturated heterocycles. The first kappa shape index (κ1) is 16.3. The minimum Gasteiger partial charge on any atom is -0.492 e. The molecule has 1 aliphatic carbocycles. The zero-order valence-corrected chi connectivity index (χ0v) is 13.9. The Morgan fingerprint density at radius 2 is 2.05 bits per heavy atom. The van der Waals surface area contributed by atoms with E-state index in [9.17, 15) is 0 Å². The molecule has 0 aromatic heterocycles. The van der Waals surface area contributed by atoms with Gasteiger partial charge in [0.1, 0.15) is 12.4 Å². The highest BCUT2D eigenvalue weighted by Gasteiger charge is 2.30.